The first kappa shape index (κ1) is 18.4. The van der Waals surface area contributed by atoms with Crippen LogP contribution >= 0.6 is 11.8 Å². The van der Waals surface area contributed by atoms with Gasteiger partial charge in [-0.1, -0.05) is 37.7 Å². The van der Waals surface area contributed by atoms with Crippen molar-refractivity contribution in [1.82, 2.24) is 9.21 Å². The number of carbonyl (C=O) groups is 2. The molecule has 136 valence electrons. The van der Waals surface area contributed by atoms with E-state index in [0.29, 0.717) is 36.7 Å². The largest absolute Gasteiger partial charge is 0.289 e. The molecule has 25 heavy (non-hydrogen) atoms. The number of benzene rings is 1. The molecule has 0 N–H and O–H groups in total. The first-order chi connectivity index (χ1) is 11.8. The van der Waals surface area contributed by atoms with E-state index in [-0.39, 0.29) is 22.9 Å². The summed E-state index contributed by atoms with van der Waals surface area (Å²) in [5.74, 6) is 0.376. The summed E-state index contributed by atoms with van der Waals surface area (Å²) < 4.78 is 27.0. The van der Waals surface area contributed by atoms with Crippen LogP contribution in [-0.2, 0) is 14.8 Å². The van der Waals surface area contributed by atoms with Crippen LogP contribution in [0.25, 0.3) is 0 Å². The molecule has 3 rings (SSSR count). The number of thioether (sulfide) groups is 1. The number of amides is 2. The zero-order valence-corrected chi connectivity index (χ0v) is 16.0. The van der Waals surface area contributed by atoms with Gasteiger partial charge in [-0.3, -0.25) is 14.5 Å². The van der Waals surface area contributed by atoms with Gasteiger partial charge in [0.05, 0.1) is 10.6 Å². The predicted octanol–water partition coefficient (Wildman–Crippen LogP) is 2.66. The number of piperidine rings is 1. The Labute approximate surface area is 152 Å². The van der Waals surface area contributed by atoms with Crippen LogP contribution in [0.3, 0.4) is 0 Å². The highest BCUT2D eigenvalue weighted by Gasteiger charge is 2.39. The lowest BCUT2D eigenvalue weighted by Gasteiger charge is -2.34. The van der Waals surface area contributed by atoms with Crippen molar-refractivity contribution in [3.63, 3.8) is 0 Å². The third kappa shape index (κ3) is 3.61. The highest BCUT2D eigenvalue weighted by molar-refractivity contribution is 8.14. The van der Waals surface area contributed by atoms with E-state index in [1.165, 1.54) is 9.21 Å². The zero-order chi connectivity index (χ0) is 18.2. The van der Waals surface area contributed by atoms with Crippen molar-refractivity contribution in [2.45, 2.75) is 43.5 Å². The second-order valence-corrected chi connectivity index (χ2v) is 9.54. The molecule has 0 spiro atoms. The van der Waals surface area contributed by atoms with E-state index in [4.69, 9.17) is 0 Å². The minimum Gasteiger partial charge on any atom is -0.273 e. The average molecular weight is 383 g/mol. The SMILES string of the molecule is CC(C)c1ccc(S(=O)(=O)N2CCC(N3C(=O)CSC3=O)CC2)cc1. The molecule has 1 aromatic carbocycles. The molecule has 0 bridgehead atoms. The first-order valence-electron chi connectivity index (χ1n) is 8.39. The fraction of sp³-hybridized carbons (Fsp3) is 0.529. The minimum atomic E-state index is -3.54. The summed E-state index contributed by atoms with van der Waals surface area (Å²) in [6, 6.07) is 6.82. The van der Waals surface area contributed by atoms with Crippen LogP contribution in [0.1, 0.15) is 38.2 Å². The van der Waals surface area contributed by atoms with Gasteiger partial charge in [-0.05, 0) is 36.5 Å². The van der Waals surface area contributed by atoms with Crippen molar-refractivity contribution < 1.29 is 18.0 Å². The molecule has 0 saturated carbocycles. The summed E-state index contributed by atoms with van der Waals surface area (Å²) in [7, 11) is -3.54. The number of hydrogen-bond donors (Lipinski definition) is 0. The lowest BCUT2D eigenvalue weighted by atomic mass is 10.0. The van der Waals surface area contributed by atoms with Gasteiger partial charge in [-0.15, -0.1) is 0 Å². The zero-order valence-electron chi connectivity index (χ0n) is 14.3. The second kappa shape index (κ2) is 7.09. The van der Waals surface area contributed by atoms with E-state index in [9.17, 15) is 18.0 Å². The molecule has 2 heterocycles. The van der Waals surface area contributed by atoms with Gasteiger partial charge in [0, 0.05) is 19.1 Å². The highest BCUT2D eigenvalue weighted by Crippen LogP contribution is 2.29. The summed E-state index contributed by atoms with van der Waals surface area (Å²) in [5.41, 5.74) is 1.10. The summed E-state index contributed by atoms with van der Waals surface area (Å²) in [5, 5.41) is -0.212. The summed E-state index contributed by atoms with van der Waals surface area (Å²) in [6.45, 7) is 4.77. The van der Waals surface area contributed by atoms with Gasteiger partial charge >= 0.3 is 0 Å². The Balaban J connectivity index is 1.69. The van der Waals surface area contributed by atoms with E-state index >= 15 is 0 Å². The maximum Gasteiger partial charge on any atom is 0.289 e. The van der Waals surface area contributed by atoms with Crippen molar-refractivity contribution in [3.05, 3.63) is 29.8 Å². The van der Waals surface area contributed by atoms with Crippen LogP contribution in [0.5, 0.6) is 0 Å². The second-order valence-electron chi connectivity index (χ2n) is 6.68. The van der Waals surface area contributed by atoms with E-state index < -0.39 is 10.0 Å². The van der Waals surface area contributed by atoms with E-state index in [1.54, 1.807) is 12.1 Å². The fourth-order valence-electron chi connectivity index (χ4n) is 3.23. The Bertz CT molecular complexity index is 750. The van der Waals surface area contributed by atoms with Crippen LogP contribution in [0.2, 0.25) is 0 Å². The smallest absolute Gasteiger partial charge is 0.273 e. The normalized spacial score (nSPS) is 20.7. The van der Waals surface area contributed by atoms with Crippen molar-refractivity contribution in [3.8, 4) is 0 Å². The standard InChI is InChI=1S/C17H22N2O4S2/c1-12(2)13-3-5-15(6-4-13)25(22,23)18-9-7-14(8-10-18)19-16(20)11-24-17(19)21/h3-6,12,14H,7-11H2,1-2H3. The molecule has 8 heteroatoms. The third-order valence-electron chi connectivity index (χ3n) is 4.76. The van der Waals surface area contributed by atoms with Crippen LogP contribution in [-0.4, -0.2) is 53.7 Å². The lowest BCUT2D eigenvalue weighted by molar-refractivity contribution is -0.126. The van der Waals surface area contributed by atoms with E-state index in [0.717, 1.165) is 17.3 Å². The van der Waals surface area contributed by atoms with Crippen molar-refractivity contribution >= 4 is 32.9 Å². The van der Waals surface area contributed by atoms with Gasteiger partial charge in [-0.2, -0.15) is 4.31 Å². The number of carbonyl (C=O) groups excluding carboxylic acids is 2. The molecule has 6 nitrogen and oxygen atoms in total. The Morgan fingerprint density at radius 1 is 1.08 bits per heavy atom. The van der Waals surface area contributed by atoms with Crippen LogP contribution < -0.4 is 0 Å². The summed E-state index contributed by atoms with van der Waals surface area (Å²) in [6.07, 6.45) is 0.975. The van der Waals surface area contributed by atoms with Crippen molar-refractivity contribution in [2.75, 3.05) is 18.8 Å². The van der Waals surface area contributed by atoms with E-state index in [1.807, 2.05) is 12.1 Å². The molecule has 2 aliphatic rings. The fourth-order valence-corrected chi connectivity index (χ4v) is 5.48. The highest BCUT2D eigenvalue weighted by atomic mass is 32.2. The number of nitrogens with zero attached hydrogens (tertiary/aromatic N) is 2. The van der Waals surface area contributed by atoms with Crippen molar-refractivity contribution in [1.29, 1.82) is 0 Å². The average Bonchev–Trinajstić information content (AvgIpc) is 2.93. The molecule has 0 aromatic heterocycles. The van der Waals surface area contributed by atoms with Gasteiger partial charge in [-0.25, -0.2) is 8.42 Å². The quantitative estimate of drug-likeness (QED) is 0.800. The third-order valence-corrected chi connectivity index (χ3v) is 7.51. The summed E-state index contributed by atoms with van der Waals surface area (Å²) >= 11 is 1.02. The molecule has 0 aliphatic carbocycles. The Morgan fingerprint density at radius 3 is 2.16 bits per heavy atom. The van der Waals surface area contributed by atoms with Gasteiger partial charge in [0.15, 0.2) is 0 Å². The number of sulfonamides is 1. The van der Waals surface area contributed by atoms with Crippen LogP contribution in [0.15, 0.2) is 29.2 Å². The van der Waals surface area contributed by atoms with Gasteiger partial charge in [0.1, 0.15) is 0 Å². The first-order valence-corrected chi connectivity index (χ1v) is 10.8. The number of imide groups is 1. The molecule has 1 aromatic rings. The maximum absolute atomic E-state index is 12.8. The minimum absolute atomic E-state index is 0.166. The molecule has 0 atom stereocenters. The topological polar surface area (TPSA) is 74.8 Å². The monoisotopic (exact) mass is 382 g/mol. The molecular formula is C17H22N2O4S2. The van der Waals surface area contributed by atoms with Gasteiger partial charge in [0.25, 0.3) is 5.24 Å². The van der Waals surface area contributed by atoms with Crippen LogP contribution in [0, 0.1) is 0 Å². The molecule has 2 aliphatic heterocycles. The predicted molar refractivity (Wildman–Crippen MR) is 97.0 cm³/mol. The van der Waals surface area contributed by atoms with Gasteiger partial charge < -0.3 is 0 Å². The number of hydrogen-bond acceptors (Lipinski definition) is 5. The molecule has 0 unspecified atom stereocenters. The molecule has 2 amide bonds. The van der Waals surface area contributed by atoms with E-state index in [2.05, 4.69) is 13.8 Å². The number of rotatable bonds is 4. The summed E-state index contributed by atoms with van der Waals surface area (Å²) in [4.78, 5) is 25.2. The maximum atomic E-state index is 12.8. The Kier molecular flexibility index (Phi) is 5.22. The van der Waals surface area contributed by atoms with Crippen LogP contribution in [0.4, 0.5) is 4.79 Å². The van der Waals surface area contributed by atoms with Crippen molar-refractivity contribution in [2.24, 2.45) is 0 Å². The van der Waals surface area contributed by atoms with Gasteiger partial charge in [0.2, 0.25) is 15.9 Å². The lowest BCUT2D eigenvalue weighted by Crippen LogP contribution is -2.48. The Morgan fingerprint density at radius 2 is 1.68 bits per heavy atom. The molecule has 2 fully saturated rings. The molecule has 2 saturated heterocycles. The molecule has 0 radical (unpaired) electrons. The molecular weight excluding hydrogens is 360 g/mol. The Hall–Kier alpha value is -1.38.